The monoisotopic (exact) mass is 406 g/mol. The standard InChI is InChI=1S/C23H22N2O5/c1-3-12-25(13-21(26)27)22(28)15(2)24-23(29)30-14-20-18-10-6-4-8-16(18)17-9-5-7-11-19(17)20/h1,4-11,15,20H,12-14H2,2H3,(H,24,29)(H,26,27). The first-order chi connectivity index (χ1) is 14.4. The summed E-state index contributed by atoms with van der Waals surface area (Å²) in [6.45, 7) is 0.862. The zero-order valence-electron chi connectivity index (χ0n) is 16.5. The zero-order valence-corrected chi connectivity index (χ0v) is 16.5. The van der Waals surface area contributed by atoms with Crippen molar-refractivity contribution in [1.82, 2.24) is 10.2 Å². The average molecular weight is 406 g/mol. The van der Waals surface area contributed by atoms with Crippen LogP contribution in [-0.2, 0) is 14.3 Å². The second-order valence-electron chi connectivity index (χ2n) is 6.98. The number of aliphatic carboxylic acids is 1. The molecule has 30 heavy (non-hydrogen) atoms. The third-order valence-corrected chi connectivity index (χ3v) is 4.97. The van der Waals surface area contributed by atoms with Gasteiger partial charge in [-0.25, -0.2) is 4.79 Å². The summed E-state index contributed by atoms with van der Waals surface area (Å²) in [5.41, 5.74) is 4.39. The van der Waals surface area contributed by atoms with Crippen LogP contribution < -0.4 is 5.32 Å². The van der Waals surface area contributed by atoms with Gasteiger partial charge in [0.15, 0.2) is 0 Å². The van der Waals surface area contributed by atoms with Crippen molar-refractivity contribution in [3.05, 3.63) is 59.7 Å². The van der Waals surface area contributed by atoms with E-state index in [9.17, 15) is 14.4 Å². The van der Waals surface area contributed by atoms with E-state index in [2.05, 4.69) is 11.2 Å². The predicted molar refractivity (Wildman–Crippen MR) is 111 cm³/mol. The van der Waals surface area contributed by atoms with Crippen LogP contribution in [-0.4, -0.2) is 53.7 Å². The van der Waals surface area contributed by atoms with Gasteiger partial charge in [0.25, 0.3) is 0 Å². The van der Waals surface area contributed by atoms with Crippen LogP contribution in [0.1, 0.15) is 24.0 Å². The Hall–Kier alpha value is -3.79. The van der Waals surface area contributed by atoms with Crippen LogP contribution in [0.5, 0.6) is 0 Å². The van der Waals surface area contributed by atoms with E-state index in [4.69, 9.17) is 16.3 Å². The molecule has 1 unspecified atom stereocenters. The maximum Gasteiger partial charge on any atom is 0.407 e. The topological polar surface area (TPSA) is 95.9 Å². The van der Waals surface area contributed by atoms with E-state index in [0.29, 0.717) is 0 Å². The largest absolute Gasteiger partial charge is 0.480 e. The van der Waals surface area contributed by atoms with Crippen molar-refractivity contribution in [3.63, 3.8) is 0 Å². The molecule has 0 fully saturated rings. The molecule has 2 aromatic carbocycles. The summed E-state index contributed by atoms with van der Waals surface area (Å²) in [5, 5.41) is 11.4. The molecule has 2 N–H and O–H groups in total. The van der Waals surface area contributed by atoms with E-state index in [0.717, 1.165) is 27.2 Å². The lowest BCUT2D eigenvalue weighted by Crippen LogP contribution is -2.48. The highest BCUT2D eigenvalue weighted by Crippen LogP contribution is 2.44. The Morgan fingerprint density at radius 3 is 2.23 bits per heavy atom. The molecule has 0 aromatic heterocycles. The van der Waals surface area contributed by atoms with Gasteiger partial charge in [-0.3, -0.25) is 9.59 Å². The molecule has 0 heterocycles. The number of alkyl carbamates (subject to hydrolysis) is 1. The van der Waals surface area contributed by atoms with Crippen LogP contribution in [0.15, 0.2) is 48.5 Å². The third kappa shape index (κ3) is 4.44. The number of rotatable bonds is 7. The number of fused-ring (bicyclic) bond motifs is 3. The van der Waals surface area contributed by atoms with Gasteiger partial charge in [0.1, 0.15) is 19.2 Å². The van der Waals surface area contributed by atoms with Gasteiger partial charge < -0.3 is 20.1 Å². The van der Waals surface area contributed by atoms with E-state index < -0.39 is 30.6 Å². The molecule has 1 aliphatic rings. The van der Waals surface area contributed by atoms with E-state index >= 15 is 0 Å². The fraction of sp³-hybridized carbons (Fsp3) is 0.261. The van der Waals surface area contributed by atoms with Gasteiger partial charge in [0.2, 0.25) is 5.91 Å². The van der Waals surface area contributed by atoms with Crippen LogP contribution in [0, 0.1) is 12.3 Å². The first-order valence-electron chi connectivity index (χ1n) is 9.48. The van der Waals surface area contributed by atoms with Crippen molar-refractivity contribution in [1.29, 1.82) is 0 Å². The number of carbonyl (C=O) groups excluding carboxylic acids is 2. The molecule has 7 heteroatoms. The number of amides is 2. The highest BCUT2D eigenvalue weighted by atomic mass is 16.5. The molecule has 2 amide bonds. The first-order valence-corrected chi connectivity index (χ1v) is 9.48. The average Bonchev–Trinajstić information content (AvgIpc) is 3.05. The normalized spacial score (nSPS) is 12.8. The predicted octanol–water partition coefficient (Wildman–Crippen LogP) is 2.46. The fourth-order valence-electron chi connectivity index (χ4n) is 3.64. The van der Waals surface area contributed by atoms with Gasteiger partial charge >= 0.3 is 12.1 Å². The van der Waals surface area contributed by atoms with Crippen molar-refractivity contribution in [2.24, 2.45) is 0 Å². The van der Waals surface area contributed by atoms with Gasteiger partial charge in [-0.15, -0.1) is 6.42 Å². The number of carboxylic acid groups (broad SMARTS) is 1. The fourth-order valence-corrected chi connectivity index (χ4v) is 3.64. The summed E-state index contributed by atoms with van der Waals surface area (Å²) < 4.78 is 5.40. The molecule has 7 nitrogen and oxygen atoms in total. The Morgan fingerprint density at radius 2 is 1.70 bits per heavy atom. The molecular weight excluding hydrogens is 384 g/mol. The van der Waals surface area contributed by atoms with Crippen LogP contribution in [0.25, 0.3) is 11.1 Å². The summed E-state index contributed by atoms with van der Waals surface area (Å²) in [4.78, 5) is 36.6. The van der Waals surface area contributed by atoms with E-state index in [1.807, 2.05) is 48.5 Å². The van der Waals surface area contributed by atoms with Gasteiger partial charge in [-0.1, -0.05) is 54.5 Å². The van der Waals surface area contributed by atoms with Gasteiger partial charge in [-0.2, -0.15) is 0 Å². The summed E-state index contributed by atoms with van der Waals surface area (Å²) >= 11 is 0. The highest BCUT2D eigenvalue weighted by molar-refractivity contribution is 5.88. The number of benzene rings is 2. The van der Waals surface area contributed by atoms with Gasteiger partial charge in [0, 0.05) is 5.92 Å². The Labute approximate surface area is 174 Å². The number of nitrogens with one attached hydrogen (secondary N) is 1. The summed E-state index contributed by atoms with van der Waals surface area (Å²) in [6.07, 6.45) is 4.44. The molecule has 0 spiro atoms. The van der Waals surface area contributed by atoms with E-state index in [1.165, 1.54) is 6.92 Å². The molecule has 2 aromatic rings. The minimum Gasteiger partial charge on any atom is -0.480 e. The number of carboxylic acids is 1. The molecule has 1 aliphatic carbocycles. The molecule has 0 aliphatic heterocycles. The minimum absolute atomic E-state index is 0.0980. The molecule has 1 atom stereocenters. The summed E-state index contributed by atoms with van der Waals surface area (Å²) in [7, 11) is 0. The minimum atomic E-state index is -1.19. The van der Waals surface area contributed by atoms with Crippen molar-refractivity contribution in [2.45, 2.75) is 18.9 Å². The number of carbonyl (C=O) groups is 3. The van der Waals surface area contributed by atoms with Crippen LogP contribution >= 0.6 is 0 Å². The molecule has 0 saturated heterocycles. The maximum absolute atomic E-state index is 12.4. The second kappa shape index (κ2) is 9.14. The zero-order chi connectivity index (χ0) is 21.7. The number of terminal acetylenes is 1. The van der Waals surface area contributed by atoms with E-state index in [-0.39, 0.29) is 19.1 Å². The Bertz CT molecular complexity index is 965. The van der Waals surface area contributed by atoms with E-state index in [1.54, 1.807) is 0 Å². The summed E-state index contributed by atoms with van der Waals surface area (Å²) in [5.74, 6) is 0.361. The maximum atomic E-state index is 12.4. The van der Waals surface area contributed by atoms with Crippen LogP contribution in [0.4, 0.5) is 4.79 Å². The van der Waals surface area contributed by atoms with Crippen LogP contribution in [0.3, 0.4) is 0 Å². The van der Waals surface area contributed by atoms with Gasteiger partial charge in [0.05, 0.1) is 6.54 Å². The number of ether oxygens (including phenoxy) is 1. The smallest absolute Gasteiger partial charge is 0.407 e. The van der Waals surface area contributed by atoms with Crippen molar-refractivity contribution < 1.29 is 24.2 Å². The van der Waals surface area contributed by atoms with Crippen molar-refractivity contribution in [3.8, 4) is 23.5 Å². The Morgan fingerprint density at radius 1 is 1.13 bits per heavy atom. The molecule has 0 saturated carbocycles. The molecule has 0 radical (unpaired) electrons. The summed E-state index contributed by atoms with van der Waals surface area (Å²) in [6, 6.07) is 15.0. The van der Waals surface area contributed by atoms with Crippen molar-refractivity contribution >= 4 is 18.0 Å². The lowest BCUT2D eigenvalue weighted by molar-refractivity contribution is -0.144. The first kappa shape index (κ1) is 20.9. The van der Waals surface area contributed by atoms with Crippen molar-refractivity contribution in [2.75, 3.05) is 19.7 Å². The number of hydrogen-bond donors (Lipinski definition) is 2. The lowest BCUT2D eigenvalue weighted by atomic mass is 9.98. The molecule has 3 rings (SSSR count). The SMILES string of the molecule is C#CCN(CC(=O)O)C(=O)C(C)NC(=O)OCC1c2ccccc2-c2ccccc21. The van der Waals surface area contributed by atoms with Crippen LogP contribution in [0.2, 0.25) is 0 Å². The highest BCUT2D eigenvalue weighted by Gasteiger charge is 2.30. The Kier molecular flexibility index (Phi) is 6.38. The second-order valence-corrected chi connectivity index (χ2v) is 6.98. The third-order valence-electron chi connectivity index (χ3n) is 4.97. The Balaban J connectivity index is 1.63. The molecular formula is C23H22N2O5. The number of hydrogen-bond acceptors (Lipinski definition) is 4. The lowest BCUT2D eigenvalue weighted by Gasteiger charge is -2.23. The molecule has 0 bridgehead atoms. The molecule has 154 valence electrons. The quantitative estimate of drug-likeness (QED) is 0.689. The van der Waals surface area contributed by atoms with Gasteiger partial charge in [-0.05, 0) is 29.2 Å². The number of nitrogens with zero attached hydrogens (tertiary/aromatic N) is 1.